The fourth-order valence-corrected chi connectivity index (χ4v) is 5.31. The van der Waals surface area contributed by atoms with Crippen molar-refractivity contribution < 1.29 is 41.9 Å². The quantitative estimate of drug-likeness (QED) is 0.424. The molecule has 13 heteroatoms. The zero-order chi connectivity index (χ0) is 26.8. The van der Waals surface area contributed by atoms with E-state index in [2.05, 4.69) is 20.7 Å². The van der Waals surface area contributed by atoms with E-state index in [1.54, 1.807) is 20.8 Å². The lowest BCUT2D eigenvalue weighted by molar-refractivity contribution is -0.321. The number of alkyl halides is 3. The van der Waals surface area contributed by atoms with Gasteiger partial charge in [-0.25, -0.2) is 0 Å². The summed E-state index contributed by atoms with van der Waals surface area (Å²) in [6, 6.07) is -2.47. The normalized spacial score (nSPS) is 26.8. The highest BCUT2D eigenvalue weighted by Gasteiger charge is 2.51. The molecule has 2 saturated heterocycles. The number of nitrogens with one attached hydrogen (secondary N) is 3. The van der Waals surface area contributed by atoms with E-state index in [1.165, 1.54) is 4.90 Å². The highest BCUT2D eigenvalue weighted by atomic mass is 19.4. The number of ether oxygens (including phenoxy) is 1. The van der Waals surface area contributed by atoms with Crippen molar-refractivity contribution in [2.24, 2.45) is 17.8 Å². The number of carbonyl (C=O) groups excluding carboxylic acids is 5. The van der Waals surface area contributed by atoms with Crippen molar-refractivity contribution in [2.75, 3.05) is 19.7 Å². The van der Waals surface area contributed by atoms with Crippen molar-refractivity contribution in [3.8, 4) is 0 Å². The number of nitrogens with zero attached hydrogens (tertiary/aromatic N) is 1. The maximum Gasteiger partial charge on any atom is 0.522 e. The molecular weight excluding hydrogens is 485 g/mol. The standard InChI is InChI=1S/C23H33F3N4O6/c1-22(2,3)29-20(34)21(35)30-10-13-5-4-6-14(13)17(30)19(33)28-15(9-12-7-8-27-18(12)32)16(31)11-36-23(24,25)26/h12-15,17H,4-11H2,1-3H3,(H,27,32)(H,28,33)(H,29,34)/t12-,13-,14-,15-,17-/m0/s1. The number of hydrogen-bond acceptors (Lipinski definition) is 6. The summed E-state index contributed by atoms with van der Waals surface area (Å²) in [5, 5.41) is 7.66. The minimum atomic E-state index is -5.04. The molecule has 0 radical (unpaired) electrons. The molecule has 0 aromatic heterocycles. The van der Waals surface area contributed by atoms with Gasteiger partial charge in [-0.05, 0) is 58.3 Å². The van der Waals surface area contributed by atoms with E-state index in [9.17, 15) is 37.1 Å². The molecule has 2 heterocycles. The molecule has 3 N–H and O–H groups in total. The largest absolute Gasteiger partial charge is 0.522 e. The molecule has 3 aliphatic rings. The SMILES string of the molecule is CC(C)(C)NC(=O)C(=O)N1C[C@@H]2CCC[C@@H]2[C@H]1C(=O)N[C@@H](C[C@@H]1CCNC1=O)C(=O)COC(F)(F)F. The first-order valence-electron chi connectivity index (χ1n) is 12.1. The van der Waals surface area contributed by atoms with Gasteiger partial charge in [-0.15, -0.1) is 13.2 Å². The van der Waals surface area contributed by atoms with Gasteiger partial charge in [0.15, 0.2) is 5.78 Å². The van der Waals surface area contributed by atoms with E-state index in [1.807, 2.05) is 0 Å². The number of carbonyl (C=O) groups is 5. The van der Waals surface area contributed by atoms with Crippen LogP contribution < -0.4 is 16.0 Å². The summed E-state index contributed by atoms with van der Waals surface area (Å²) in [6.07, 6.45) is -2.64. The van der Waals surface area contributed by atoms with Crippen LogP contribution in [-0.4, -0.2) is 78.0 Å². The predicted octanol–water partition coefficient (Wildman–Crippen LogP) is 0.645. The highest BCUT2D eigenvalue weighted by Crippen LogP contribution is 2.42. The van der Waals surface area contributed by atoms with Crippen molar-refractivity contribution in [1.29, 1.82) is 0 Å². The van der Waals surface area contributed by atoms with Gasteiger partial charge in [0.2, 0.25) is 11.8 Å². The third-order valence-corrected chi connectivity index (χ3v) is 6.87. The van der Waals surface area contributed by atoms with E-state index in [0.29, 0.717) is 19.4 Å². The van der Waals surface area contributed by atoms with Gasteiger partial charge in [0, 0.05) is 24.5 Å². The smallest absolute Gasteiger partial charge is 0.356 e. The van der Waals surface area contributed by atoms with Crippen molar-refractivity contribution in [3.63, 3.8) is 0 Å². The van der Waals surface area contributed by atoms with Crippen LogP contribution in [-0.2, 0) is 28.7 Å². The Morgan fingerprint density at radius 3 is 2.42 bits per heavy atom. The summed E-state index contributed by atoms with van der Waals surface area (Å²) in [5.74, 6) is -4.78. The lowest BCUT2D eigenvalue weighted by Gasteiger charge is -2.30. The monoisotopic (exact) mass is 518 g/mol. The fraction of sp³-hybridized carbons (Fsp3) is 0.783. The molecule has 202 valence electrons. The molecule has 0 spiro atoms. The summed E-state index contributed by atoms with van der Waals surface area (Å²) in [5.41, 5.74) is -0.683. The minimum Gasteiger partial charge on any atom is -0.356 e. The summed E-state index contributed by atoms with van der Waals surface area (Å²) >= 11 is 0. The molecule has 1 saturated carbocycles. The summed E-state index contributed by atoms with van der Waals surface area (Å²) < 4.78 is 41.2. The maximum absolute atomic E-state index is 13.4. The molecule has 36 heavy (non-hydrogen) atoms. The molecule has 1 aliphatic carbocycles. The number of rotatable bonds is 7. The first kappa shape index (κ1) is 27.9. The zero-order valence-electron chi connectivity index (χ0n) is 20.6. The molecule has 3 fully saturated rings. The number of Topliss-reactive ketones (excluding diaryl/α,β-unsaturated/α-hetero) is 1. The van der Waals surface area contributed by atoms with Gasteiger partial charge in [-0.2, -0.15) is 0 Å². The molecule has 3 rings (SSSR count). The number of halogens is 3. The maximum atomic E-state index is 13.4. The second kappa shape index (κ2) is 10.7. The summed E-state index contributed by atoms with van der Waals surface area (Å²) in [6.45, 7) is 4.35. The van der Waals surface area contributed by atoms with Crippen LogP contribution in [0.5, 0.6) is 0 Å². The molecular formula is C23H33F3N4O6. The first-order valence-corrected chi connectivity index (χ1v) is 12.1. The van der Waals surface area contributed by atoms with Gasteiger partial charge in [-0.3, -0.25) is 28.7 Å². The van der Waals surface area contributed by atoms with Crippen LogP contribution in [0.2, 0.25) is 0 Å². The van der Waals surface area contributed by atoms with Gasteiger partial charge >= 0.3 is 18.2 Å². The molecule has 5 atom stereocenters. The lowest BCUT2D eigenvalue weighted by Crippen LogP contribution is -2.57. The van der Waals surface area contributed by atoms with Crippen molar-refractivity contribution >= 4 is 29.4 Å². The van der Waals surface area contributed by atoms with E-state index >= 15 is 0 Å². The van der Waals surface area contributed by atoms with E-state index < -0.39 is 60.0 Å². The number of amides is 4. The Kier molecular flexibility index (Phi) is 8.31. The predicted molar refractivity (Wildman–Crippen MR) is 119 cm³/mol. The van der Waals surface area contributed by atoms with Crippen LogP contribution in [0.4, 0.5) is 13.2 Å². The number of likely N-dealkylation sites (tertiary alicyclic amines) is 1. The molecule has 0 aromatic carbocycles. The van der Waals surface area contributed by atoms with Gasteiger partial charge in [0.25, 0.3) is 0 Å². The molecule has 0 unspecified atom stereocenters. The third-order valence-electron chi connectivity index (χ3n) is 6.87. The molecule has 10 nitrogen and oxygen atoms in total. The third kappa shape index (κ3) is 6.95. The van der Waals surface area contributed by atoms with E-state index in [4.69, 9.17) is 0 Å². The van der Waals surface area contributed by atoms with Crippen LogP contribution in [0.1, 0.15) is 52.9 Å². The molecule has 0 aromatic rings. The minimum absolute atomic E-state index is 0.00420. The van der Waals surface area contributed by atoms with Gasteiger partial charge in [0.05, 0.1) is 6.04 Å². The Balaban J connectivity index is 1.78. The van der Waals surface area contributed by atoms with Crippen LogP contribution >= 0.6 is 0 Å². The summed E-state index contributed by atoms with van der Waals surface area (Å²) in [7, 11) is 0. The Labute approximate surface area is 207 Å². The molecule has 2 aliphatic heterocycles. The van der Waals surface area contributed by atoms with Crippen molar-refractivity contribution in [2.45, 2.75) is 76.9 Å². The number of ketones is 1. The molecule has 4 amide bonds. The van der Waals surface area contributed by atoms with Gasteiger partial charge < -0.3 is 20.9 Å². The average Bonchev–Trinajstić information content (AvgIpc) is 3.45. The van der Waals surface area contributed by atoms with Crippen LogP contribution in [0.15, 0.2) is 0 Å². The van der Waals surface area contributed by atoms with Crippen molar-refractivity contribution in [3.05, 3.63) is 0 Å². The zero-order valence-corrected chi connectivity index (χ0v) is 20.6. The van der Waals surface area contributed by atoms with E-state index in [0.717, 1.165) is 12.8 Å². The first-order chi connectivity index (χ1) is 16.7. The van der Waals surface area contributed by atoms with Gasteiger partial charge in [0.1, 0.15) is 12.6 Å². The van der Waals surface area contributed by atoms with Crippen LogP contribution in [0.3, 0.4) is 0 Å². The Morgan fingerprint density at radius 1 is 1.14 bits per heavy atom. The second-order valence-electron chi connectivity index (χ2n) is 10.7. The van der Waals surface area contributed by atoms with Crippen molar-refractivity contribution in [1.82, 2.24) is 20.9 Å². The average molecular weight is 519 g/mol. The Hall–Kier alpha value is -2.70. The topological polar surface area (TPSA) is 134 Å². The number of fused-ring (bicyclic) bond motifs is 1. The molecule has 0 bridgehead atoms. The van der Waals surface area contributed by atoms with Crippen LogP contribution in [0, 0.1) is 17.8 Å². The Morgan fingerprint density at radius 2 is 1.83 bits per heavy atom. The second-order valence-corrected chi connectivity index (χ2v) is 10.7. The number of hydrogen-bond donors (Lipinski definition) is 3. The lowest BCUT2D eigenvalue weighted by atomic mass is 9.92. The van der Waals surface area contributed by atoms with E-state index in [-0.39, 0.29) is 30.7 Å². The fourth-order valence-electron chi connectivity index (χ4n) is 5.31. The summed E-state index contributed by atoms with van der Waals surface area (Å²) in [4.78, 5) is 64.8. The Bertz CT molecular complexity index is 903. The van der Waals surface area contributed by atoms with Crippen LogP contribution in [0.25, 0.3) is 0 Å². The van der Waals surface area contributed by atoms with Gasteiger partial charge in [-0.1, -0.05) is 6.42 Å². The highest BCUT2D eigenvalue weighted by molar-refractivity contribution is 6.35.